The second-order valence-electron chi connectivity index (χ2n) is 1.97. The normalized spacial score (nSPS) is 9.64. The van der Waals surface area contributed by atoms with Gasteiger partial charge in [0.25, 0.3) is 0 Å². The van der Waals surface area contributed by atoms with E-state index in [2.05, 4.69) is 35.2 Å². The number of thiol groups is 1. The molecule has 0 heterocycles. The van der Waals surface area contributed by atoms with E-state index in [1.807, 2.05) is 6.07 Å². The molecule has 0 fully saturated rings. The van der Waals surface area contributed by atoms with Crippen LogP contribution in [0.5, 0.6) is 0 Å². The zero-order chi connectivity index (χ0) is 8.43. The van der Waals surface area contributed by atoms with Gasteiger partial charge in [0, 0.05) is 8.47 Å². The highest BCUT2D eigenvalue weighted by atomic mass is 127. The van der Waals surface area contributed by atoms with Crippen molar-refractivity contribution in [3.05, 3.63) is 27.3 Å². The molecule has 0 unspecified atom stereocenters. The molecule has 0 spiro atoms. The monoisotopic (exact) mass is 280 g/mol. The molecular formula is C7H5IO2S. The number of hydrogen-bond acceptors (Lipinski definition) is 2. The van der Waals surface area contributed by atoms with Crippen LogP contribution in [0.15, 0.2) is 23.1 Å². The average Bonchev–Trinajstić information content (AvgIpc) is 1.94. The number of rotatable bonds is 1. The van der Waals surface area contributed by atoms with E-state index in [9.17, 15) is 4.79 Å². The number of hydrogen-bond donors (Lipinski definition) is 2. The molecule has 1 N–H and O–H groups in total. The molecule has 2 nitrogen and oxygen atoms in total. The fourth-order valence-electron chi connectivity index (χ4n) is 0.680. The van der Waals surface area contributed by atoms with E-state index in [1.54, 1.807) is 12.1 Å². The molecule has 0 saturated heterocycles. The third kappa shape index (κ3) is 2.10. The molecule has 0 saturated carbocycles. The van der Waals surface area contributed by atoms with Crippen LogP contribution in [-0.4, -0.2) is 11.1 Å². The number of halogens is 1. The van der Waals surface area contributed by atoms with Gasteiger partial charge in [0.1, 0.15) is 0 Å². The third-order valence-corrected chi connectivity index (χ3v) is 2.25. The Bertz CT molecular complexity index is 298. The van der Waals surface area contributed by atoms with Gasteiger partial charge in [-0.3, -0.25) is 0 Å². The zero-order valence-electron chi connectivity index (χ0n) is 5.41. The minimum absolute atomic E-state index is 0.250. The molecular weight excluding hydrogens is 275 g/mol. The van der Waals surface area contributed by atoms with Gasteiger partial charge in [-0.05, 0) is 40.8 Å². The Balaban J connectivity index is 3.23. The summed E-state index contributed by atoms with van der Waals surface area (Å²) >= 11 is 6.06. The summed E-state index contributed by atoms with van der Waals surface area (Å²) < 4.78 is 0.901. The van der Waals surface area contributed by atoms with Gasteiger partial charge in [0.05, 0.1) is 5.56 Å². The number of carboxylic acids is 1. The predicted molar refractivity (Wildman–Crippen MR) is 53.4 cm³/mol. The van der Waals surface area contributed by atoms with Crippen molar-refractivity contribution in [1.82, 2.24) is 0 Å². The van der Waals surface area contributed by atoms with Crippen molar-refractivity contribution < 1.29 is 9.90 Å². The highest BCUT2D eigenvalue weighted by Crippen LogP contribution is 2.16. The lowest BCUT2D eigenvalue weighted by Crippen LogP contribution is -1.97. The molecule has 1 rings (SSSR count). The van der Waals surface area contributed by atoms with E-state index in [0.717, 1.165) is 3.57 Å². The molecule has 11 heavy (non-hydrogen) atoms. The Morgan fingerprint density at radius 1 is 1.55 bits per heavy atom. The number of benzene rings is 1. The second kappa shape index (κ2) is 3.44. The fraction of sp³-hybridized carbons (Fsp3) is 0. The lowest BCUT2D eigenvalue weighted by atomic mass is 10.2. The first-order valence-electron chi connectivity index (χ1n) is 2.83. The largest absolute Gasteiger partial charge is 0.478 e. The Hall–Kier alpha value is -0.230. The fourth-order valence-corrected chi connectivity index (χ4v) is 1.41. The van der Waals surface area contributed by atoms with E-state index >= 15 is 0 Å². The van der Waals surface area contributed by atoms with Gasteiger partial charge in [-0.15, -0.1) is 12.6 Å². The summed E-state index contributed by atoms with van der Waals surface area (Å²) in [5.74, 6) is -0.937. The van der Waals surface area contributed by atoms with Gasteiger partial charge in [-0.2, -0.15) is 0 Å². The SMILES string of the molecule is O=C(O)c1cc(I)ccc1S. The Morgan fingerprint density at radius 2 is 2.18 bits per heavy atom. The van der Waals surface area contributed by atoms with Gasteiger partial charge in [-0.25, -0.2) is 4.79 Å². The maximum absolute atomic E-state index is 10.5. The summed E-state index contributed by atoms with van der Waals surface area (Å²) in [6.45, 7) is 0. The summed E-state index contributed by atoms with van der Waals surface area (Å²) in [6, 6.07) is 5.08. The van der Waals surface area contributed by atoms with Gasteiger partial charge in [0.2, 0.25) is 0 Å². The topological polar surface area (TPSA) is 37.3 Å². The van der Waals surface area contributed by atoms with Gasteiger partial charge in [0.15, 0.2) is 0 Å². The summed E-state index contributed by atoms with van der Waals surface area (Å²) in [5, 5.41) is 8.64. The summed E-state index contributed by atoms with van der Waals surface area (Å²) in [5.41, 5.74) is 0.250. The van der Waals surface area contributed by atoms with Crippen LogP contribution in [0.4, 0.5) is 0 Å². The maximum atomic E-state index is 10.5. The predicted octanol–water partition coefficient (Wildman–Crippen LogP) is 2.28. The summed E-state index contributed by atoms with van der Waals surface area (Å²) in [6.07, 6.45) is 0. The minimum Gasteiger partial charge on any atom is -0.478 e. The van der Waals surface area contributed by atoms with Crippen molar-refractivity contribution in [3.63, 3.8) is 0 Å². The standard InChI is InChI=1S/C7H5IO2S/c8-4-1-2-6(11)5(3-4)7(9)10/h1-3,11H,(H,9,10). The van der Waals surface area contributed by atoms with E-state index in [4.69, 9.17) is 5.11 Å². The van der Waals surface area contributed by atoms with Crippen LogP contribution in [0.2, 0.25) is 0 Å². The van der Waals surface area contributed by atoms with E-state index in [1.165, 1.54) is 0 Å². The van der Waals surface area contributed by atoms with Crippen LogP contribution in [0.1, 0.15) is 10.4 Å². The van der Waals surface area contributed by atoms with Crippen molar-refractivity contribution in [2.75, 3.05) is 0 Å². The Morgan fingerprint density at radius 3 is 2.64 bits per heavy atom. The Labute approximate surface area is 83.2 Å². The molecule has 58 valence electrons. The minimum atomic E-state index is -0.937. The van der Waals surface area contributed by atoms with Crippen LogP contribution in [-0.2, 0) is 0 Å². The van der Waals surface area contributed by atoms with Crippen molar-refractivity contribution in [2.24, 2.45) is 0 Å². The average molecular weight is 280 g/mol. The molecule has 1 aromatic rings. The molecule has 0 amide bonds. The van der Waals surface area contributed by atoms with Crippen LogP contribution in [0, 0.1) is 3.57 Å². The highest BCUT2D eigenvalue weighted by Gasteiger charge is 2.06. The van der Waals surface area contributed by atoms with Gasteiger partial charge >= 0.3 is 5.97 Å². The molecule has 0 aliphatic rings. The van der Waals surface area contributed by atoms with E-state index in [0.29, 0.717) is 4.90 Å². The van der Waals surface area contributed by atoms with Gasteiger partial charge < -0.3 is 5.11 Å². The lowest BCUT2D eigenvalue weighted by molar-refractivity contribution is 0.0693. The van der Waals surface area contributed by atoms with Crippen molar-refractivity contribution in [3.8, 4) is 0 Å². The first-order valence-corrected chi connectivity index (χ1v) is 4.35. The number of aromatic carboxylic acids is 1. The van der Waals surface area contributed by atoms with Crippen LogP contribution < -0.4 is 0 Å². The molecule has 0 atom stereocenters. The second-order valence-corrected chi connectivity index (χ2v) is 3.69. The maximum Gasteiger partial charge on any atom is 0.336 e. The molecule has 0 aliphatic carbocycles. The smallest absolute Gasteiger partial charge is 0.336 e. The quantitative estimate of drug-likeness (QED) is 0.611. The molecule has 0 bridgehead atoms. The lowest BCUT2D eigenvalue weighted by Gasteiger charge is -1.98. The molecule has 0 radical (unpaired) electrons. The molecule has 4 heteroatoms. The molecule has 0 aromatic heterocycles. The summed E-state index contributed by atoms with van der Waals surface area (Å²) in [7, 11) is 0. The van der Waals surface area contributed by atoms with Crippen LogP contribution in [0.3, 0.4) is 0 Å². The first-order chi connectivity index (χ1) is 5.11. The van der Waals surface area contributed by atoms with Crippen LogP contribution in [0.25, 0.3) is 0 Å². The van der Waals surface area contributed by atoms with Crippen molar-refractivity contribution >= 4 is 41.2 Å². The Kier molecular flexibility index (Phi) is 2.78. The van der Waals surface area contributed by atoms with E-state index in [-0.39, 0.29) is 5.56 Å². The first kappa shape index (κ1) is 8.86. The van der Waals surface area contributed by atoms with E-state index < -0.39 is 5.97 Å². The van der Waals surface area contributed by atoms with Gasteiger partial charge in [-0.1, -0.05) is 0 Å². The highest BCUT2D eigenvalue weighted by molar-refractivity contribution is 14.1. The van der Waals surface area contributed by atoms with Crippen LogP contribution >= 0.6 is 35.2 Å². The van der Waals surface area contributed by atoms with Crippen molar-refractivity contribution in [2.45, 2.75) is 4.90 Å². The number of carboxylic acid groups (broad SMARTS) is 1. The molecule has 1 aromatic carbocycles. The number of carbonyl (C=O) groups is 1. The summed E-state index contributed by atoms with van der Waals surface area (Å²) in [4.78, 5) is 11.0. The zero-order valence-corrected chi connectivity index (χ0v) is 8.46. The van der Waals surface area contributed by atoms with Crippen molar-refractivity contribution in [1.29, 1.82) is 0 Å². The third-order valence-electron chi connectivity index (χ3n) is 1.19. The molecule has 0 aliphatic heterocycles.